The molecule has 0 aliphatic carbocycles. The van der Waals surface area contributed by atoms with Gasteiger partial charge >= 0.3 is 5.97 Å². The van der Waals surface area contributed by atoms with Gasteiger partial charge in [-0.1, -0.05) is 60.7 Å². The summed E-state index contributed by atoms with van der Waals surface area (Å²) in [6.07, 6.45) is 1.60. The lowest BCUT2D eigenvalue weighted by atomic mass is 10.0. The number of nitrogens with one attached hydrogen (secondary N) is 2. The van der Waals surface area contributed by atoms with E-state index in [1.54, 1.807) is 24.3 Å². The summed E-state index contributed by atoms with van der Waals surface area (Å²) in [6, 6.07) is 14.8. The number of rotatable bonds is 10. The Bertz CT molecular complexity index is 1030. The quantitative estimate of drug-likeness (QED) is 0.397. The van der Waals surface area contributed by atoms with Gasteiger partial charge in [0, 0.05) is 13.0 Å². The van der Waals surface area contributed by atoms with Crippen LogP contribution in [-0.2, 0) is 32.0 Å². The van der Waals surface area contributed by atoms with Gasteiger partial charge in [0.05, 0.1) is 6.04 Å². The standard InChI is InChI=1S/C26H32N4O5/c1-17(23(31)29-21(26(34)35)16-19-11-6-3-7-12-19)28-24(32)22-13-8-14-30(22)25(33)20(27)15-18-9-4-2-5-10-18/h2-7,9-12,17,20-22H,8,13-16,27H2,1H3,(H,28,32)(H,29,31)(H,34,35). The van der Waals surface area contributed by atoms with Gasteiger partial charge in [-0.25, -0.2) is 4.79 Å². The van der Waals surface area contributed by atoms with Crippen LogP contribution < -0.4 is 16.4 Å². The summed E-state index contributed by atoms with van der Waals surface area (Å²) in [4.78, 5) is 51.6. The number of carboxylic acid groups (broad SMARTS) is 1. The maximum absolute atomic E-state index is 13.0. The van der Waals surface area contributed by atoms with Crippen molar-refractivity contribution in [3.05, 3.63) is 71.8 Å². The van der Waals surface area contributed by atoms with Crippen LogP contribution in [0, 0.1) is 0 Å². The molecule has 0 spiro atoms. The Labute approximate surface area is 204 Å². The first-order valence-electron chi connectivity index (χ1n) is 11.7. The Hall–Kier alpha value is -3.72. The molecule has 2 aromatic carbocycles. The highest BCUT2D eigenvalue weighted by molar-refractivity contribution is 5.94. The third-order valence-corrected chi connectivity index (χ3v) is 6.10. The molecular weight excluding hydrogens is 448 g/mol. The van der Waals surface area contributed by atoms with Crippen molar-refractivity contribution in [2.75, 3.05) is 6.54 Å². The molecule has 1 aliphatic heterocycles. The summed E-state index contributed by atoms with van der Waals surface area (Å²) in [5.41, 5.74) is 7.84. The van der Waals surface area contributed by atoms with Gasteiger partial charge in [0.1, 0.15) is 18.1 Å². The van der Waals surface area contributed by atoms with Crippen LogP contribution in [0.15, 0.2) is 60.7 Å². The van der Waals surface area contributed by atoms with E-state index in [4.69, 9.17) is 5.73 Å². The molecule has 1 aliphatic rings. The molecule has 0 saturated carbocycles. The van der Waals surface area contributed by atoms with Crippen LogP contribution in [0.5, 0.6) is 0 Å². The highest BCUT2D eigenvalue weighted by atomic mass is 16.4. The fourth-order valence-corrected chi connectivity index (χ4v) is 4.19. The number of benzene rings is 2. The molecule has 9 nitrogen and oxygen atoms in total. The van der Waals surface area contributed by atoms with Gasteiger partial charge in [-0.3, -0.25) is 14.4 Å². The lowest BCUT2D eigenvalue weighted by Gasteiger charge is -2.28. The third-order valence-electron chi connectivity index (χ3n) is 6.10. The monoisotopic (exact) mass is 480 g/mol. The van der Waals surface area contributed by atoms with Gasteiger partial charge in [0.2, 0.25) is 17.7 Å². The fraction of sp³-hybridized carbons (Fsp3) is 0.385. The number of carboxylic acids is 1. The van der Waals surface area contributed by atoms with Gasteiger partial charge in [-0.15, -0.1) is 0 Å². The number of carbonyl (C=O) groups is 4. The first-order valence-corrected chi connectivity index (χ1v) is 11.7. The van der Waals surface area contributed by atoms with Gasteiger partial charge in [0.25, 0.3) is 0 Å². The van der Waals surface area contributed by atoms with E-state index in [1.165, 1.54) is 11.8 Å². The second-order valence-electron chi connectivity index (χ2n) is 8.81. The summed E-state index contributed by atoms with van der Waals surface area (Å²) < 4.78 is 0. The highest BCUT2D eigenvalue weighted by Gasteiger charge is 2.37. The van der Waals surface area contributed by atoms with E-state index in [-0.39, 0.29) is 12.3 Å². The zero-order valence-electron chi connectivity index (χ0n) is 19.7. The molecule has 5 N–H and O–H groups in total. The second-order valence-corrected chi connectivity index (χ2v) is 8.81. The first kappa shape index (κ1) is 25.9. The largest absolute Gasteiger partial charge is 0.480 e. The van der Waals surface area contributed by atoms with Crippen LogP contribution in [0.4, 0.5) is 0 Å². The van der Waals surface area contributed by atoms with E-state index < -0.39 is 42.0 Å². The van der Waals surface area contributed by atoms with Crippen LogP contribution in [0.3, 0.4) is 0 Å². The van der Waals surface area contributed by atoms with Crippen molar-refractivity contribution in [2.45, 2.75) is 56.8 Å². The van der Waals surface area contributed by atoms with E-state index in [0.29, 0.717) is 25.8 Å². The van der Waals surface area contributed by atoms with Crippen molar-refractivity contribution in [3.63, 3.8) is 0 Å². The van der Waals surface area contributed by atoms with Crippen molar-refractivity contribution in [3.8, 4) is 0 Å². The van der Waals surface area contributed by atoms with E-state index in [0.717, 1.165) is 11.1 Å². The molecule has 186 valence electrons. The average Bonchev–Trinajstić information content (AvgIpc) is 3.34. The van der Waals surface area contributed by atoms with Crippen LogP contribution in [0.2, 0.25) is 0 Å². The molecule has 9 heteroatoms. The van der Waals surface area contributed by atoms with E-state index >= 15 is 0 Å². The Morgan fingerprint density at radius 1 is 0.971 bits per heavy atom. The van der Waals surface area contributed by atoms with Crippen LogP contribution in [0.25, 0.3) is 0 Å². The van der Waals surface area contributed by atoms with Crippen LogP contribution in [-0.4, -0.2) is 64.4 Å². The summed E-state index contributed by atoms with van der Waals surface area (Å²) in [7, 11) is 0. The molecule has 1 saturated heterocycles. The van der Waals surface area contributed by atoms with Crippen LogP contribution in [0.1, 0.15) is 30.9 Å². The minimum Gasteiger partial charge on any atom is -0.480 e. The van der Waals surface area contributed by atoms with Crippen molar-refractivity contribution in [1.29, 1.82) is 0 Å². The predicted octanol–water partition coefficient (Wildman–Crippen LogP) is 0.864. The Morgan fingerprint density at radius 3 is 2.11 bits per heavy atom. The normalized spacial score (nSPS) is 17.8. The number of aliphatic carboxylic acids is 1. The summed E-state index contributed by atoms with van der Waals surface area (Å²) >= 11 is 0. The van der Waals surface area contributed by atoms with E-state index in [1.807, 2.05) is 36.4 Å². The third kappa shape index (κ3) is 7.13. The molecule has 2 aromatic rings. The zero-order chi connectivity index (χ0) is 25.4. The minimum absolute atomic E-state index is 0.118. The molecule has 4 unspecified atom stereocenters. The van der Waals surface area contributed by atoms with Gasteiger partial charge in [0.15, 0.2) is 0 Å². The Kier molecular flexibility index (Phi) is 8.97. The molecule has 4 atom stereocenters. The second kappa shape index (κ2) is 12.1. The first-order chi connectivity index (χ1) is 16.8. The molecule has 3 rings (SSSR count). The number of likely N-dealkylation sites (tertiary alicyclic amines) is 1. The number of hydrogen-bond acceptors (Lipinski definition) is 5. The van der Waals surface area contributed by atoms with Crippen molar-refractivity contribution < 1.29 is 24.3 Å². The summed E-state index contributed by atoms with van der Waals surface area (Å²) in [5, 5.41) is 14.6. The molecule has 0 radical (unpaired) electrons. The number of nitrogens with two attached hydrogens (primary N) is 1. The number of nitrogens with zero attached hydrogens (tertiary/aromatic N) is 1. The lowest BCUT2D eigenvalue weighted by molar-refractivity contribution is -0.143. The Morgan fingerprint density at radius 2 is 1.54 bits per heavy atom. The van der Waals surface area contributed by atoms with E-state index in [2.05, 4.69) is 10.6 Å². The SMILES string of the molecule is CC(NC(=O)C1CCCN1C(=O)C(N)Cc1ccccc1)C(=O)NC(Cc1ccccc1)C(=O)O. The molecule has 1 heterocycles. The van der Waals surface area contributed by atoms with Crippen molar-refractivity contribution >= 4 is 23.7 Å². The molecule has 1 fully saturated rings. The van der Waals surface area contributed by atoms with Crippen molar-refractivity contribution in [2.24, 2.45) is 5.73 Å². The number of amides is 3. The molecule has 0 aromatic heterocycles. The lowest BCUT2D eigenvalue weighted by Crippen LogP contribution is -2.56. The molecule has 3 amide bonds. The van der Waals surface area contributed by atoms with Gasteiger partial charge in [-0.2, -0.15) is 0 Å². The molecule has 35 heavy (non-hydrogen) atoms. The predicted molar refractivity (Wildman–Crippen MR) is 130 cm³/mol. The molecular formula is C26H32N4O5. The maximum Gasteiger partial charge on any atom is 0.326 e. The van der Waals surface area contributed by atoms with Gasteiger partial charge < -0.3 is 26.4 Å². The average molecular weight is 481 g/mol. The number of carbonyl (C=O) groups excluding carboxylic acids is 3. The topological polar surface area (TPSA) is 142 Å². The summed E-state index contributed by atoms with van der Waals surface area (Å²) in [6.45, 7) is 1.90. The Balaban J connectivity index is 1.56. The highest BCUT2D eigenvalue weighted by Crippen LogP contribution is 2.19. The zero-order valence-corrected chi connectivity index (χ0v) is 19.7. The number of hydrogen-bond donors (Lipinski definition) is 4. The molecule has 0 bridgehead atoms. The maximum atomic E-state index is 13.0. The van der Waals surface area contributed by atoms with E-state index in [9.17, 15) is 24.3 Å². The van der Waals surface area contributed by atoms with Crippen LogP contribution >= 0.6 is 0 Å². The summed E-state index contributed by atoms with van der Waals surface area (Å²) in [5.74, 6) is -2.54. The van der Waals surface area contributed by atoms with Gasteiger partial charge in [-0.05, 0) is 37.3 Å². The fourth-order valence-electron chi connectivity index (χ4n) is 4.19. The smallest absolute Gasteiger partial charge is 0.326 e. The van der Waals surface area contributed by atoms with Crippen molar-refractivity contribution in [1.82, 2.24) is 15.5 Å². The minimum atomic E-state index is -1.17.